The Morgan fingerprint density at radius 3 is 2.31 bits per heavy atom. The second kappa shape index (κ2) is 8.52. The Kier molecular flexibility index (Phi) is 8.46. The standard InChI is InChI=1S/C9H20N2.C2H6/c1-3-11(2)6-4-5-9-7-10-8-9;1-2/h9-10H,3-8H2,1-2H3;1-2H3. The minimum Gasteiger partial charge on any atom is -0.316 e. The molecule has 2 nitrogen and oxygen atoms in total. The van der Waals surface area contributed by atoms with Crippen LogP contribution in [-0.4, -0.2) is 38.1 Å². The molecule has 0 spiro atoms. The molecule has 0 amide bonds. The summed E-state index contributed by atoms with van der Waals surface area (Å²) >= 11 is 0. The van der Waals surface area contributed by atoms with Crippen LogP contribution in [0.4, 0.5) is 0 Å². The van der Waals surface area contributed by atoms with Gasteiger partial charge in [0.1, 0.15) is 0 Å². The molecule has 0 unspecified atom stereocenters. The van der Waals surface area contributed by atoms with Crippen LogP contribution in [0, 0.1) is 5.92 Å². The molecule has 0 aromatic carbocycles. The quantitative estimate of drug-likeness (QED) is 0.706. The predicted octanol–water partition coefficient (Wildman–Crippen LogP) is 1.96. The summed E-state index contributed by atoms with van der Waals surface area (Å²) < 4.78 is 0. The van der Waals surface area contributed by atoms with E-state index in [9.17, 15) is 0 Å². The van der Waals surface area contributed by atoms with Gasteiger partial charge in [-0.2, -0.15) is 0 Å². The lowest BCUT2D eigenvalue weighted by Gasteiger charge is -2.27. The lowest BCUT2D eigenvalue weighted by atomic mass is 9.97. The van der Waals surface area contributed by atoms with E-state index < -0.39 is 0 Å². The summed E-state index contributed by atoms with van der Waals surface area (Å²) in [6, 6.07) is 0. The van der Waals surface area contributed by atoms with Crippen molar-refractivity contribution in [1.29, 1.82) is 0 Å². The minimum atomic E-state index is 0.986. The Morgan fingerprint density at radius 2 is 1.92 bits per heavy atom. The maximum Gasteiger partial charge on any atom is -0.000825 e. The number of nitrogens with one attached hydrogen (secondary N) is 1. The average Bonchev–Trinajstić information content (AvgIpc) is 2.12. The van der Waals surface area contributed by atoms with E-state index in [1.165, 1.54) is 39.0 Å². The first kappa shape index (κ1) is 12.9. The van der Waals surface area contributed by atoms with Gasteiger partial charge in [-0.3, -0.25) is 0 Å². The smallest absolute Gasteiger partial charge is 0.000825 e. The number of hydrogen-bond donors (Lipinski definition) is 1. The molecule has 1 aliphatic heterocycles. The van der Waals surface area contributed by atoms with Gasteiger partial charge in [0.05, 0.1) is 0 Å². The van der Waals surface area contributed by atoms with Crippen LogP contribution in [0.15, 0.2) is 0 Å². The monoisotopic (exact) mass is 186 g/mol. The highest BCUT2D eigenvalue weighted by molar-refractivity contribution is 4.74. The summed E-state index contributed by atoms with van der Waals surface area (Å²) in [6.45, 7) is 11.2. The molecular formula is C11H26N2. The Balaban J connectivity index is 0.000000671. The third-order valence-corrected chi connectivity index (χ3v) is 2.56. The van der Waals surface area contributed by atoms with E-state index in [-0.39, 0.29) is 0 Å². The SMILES string of the molecule is CC.CCN(C)CCCC1CNC1. The second-order valence-corrected chi connectivity index (χ2v) is 3.56. The zero-order valence-electron chi connectivity index (χ0n) is 9.77. The summed E-state index contributed by atoms with van der Waals surface area (Å²) in [5.41, 5.74) is 0. The topological polar surface area (TPSA) is 15.3 Å². The molecule has 0 atom stereocenters. The first-order chi connectivity index (χ1) is 6.33. The Labute approximate surface area is 83.7 Å². The highest BCUT2D eigenvalue weighted by Gasteiger charge is 2.15. The van der Waals surface area contributed by atoms with Crippen molar-refractivity contribution in [2.45, 2.75) is 33.6 Å². The first-order valence-electron chi connectivity index (χ1n) is 5.72. The largest absolute Gasteiger partial charge is 0.316 e. The van der Waals surface area contributed by atoms with Crippen LogP contribution in [0.2, 0.25) is 0 Å². The van der Waals surface area contributed by atoms with E-state index >= 15 is 0 Å². The van der Waals surface area contributed by atoms with Crippen LogP contribution in [0.3, 0.4) is 0 Å². The van der Waals surface area contributed by atoms with Crippen LogP contribution in [0.5, 0.6) is 0 Å². The van der Waals surface area contributed by atoms with E-state index in [1.807, 2.05) is 13.8 Å². The zero-order valence-corrected chi connectivity index (χ0v) is 9.77. The minimum absolute atomic E-state index is 0.986. The number of rotatable bonds is 5. The first-order valence-corrected chi connectivity index (χ1v) is 5.72. The molecule has 2 heteroatoms. The summed E-state index contributed by atoms with van der Waals surface area (Å²) in [5, 5.41) is 3.30. The summed E-state index contributed by atoms with van der Waals surface area (Å²) in [5.74, 6) is 0.986. The third kappa shape index (κ3) is 6.05. The fraction of sp³-hybridized carbons (Fsp3) is 1.00. The van der Waals surface area contributed by atoms with E-state index in [0.29, 0.717) is 0 Å². The molecule has 1 heterocycles. The van der Waals surface area contributed by atoms with Gasteiger partial charge in [0.25, 0.3) is 0 Å². The zero-order chi connectivity index (χ0) is 10.1. The molecule has 0 aliphatic carbocycles. The Morgan fingerprint density at radius 1 is 1.31 bits per heavy atom. The Hall–Kier alpha value is -0.0800. The number of hydrogen-bond acceptors (Lipinski definition) is 2. The molecule has 80 valence electrons. The molecule has 0 aromatic rings. The third-order valence-electron chi connectivity index (χ3n) is 2.56. The molecule has 1 fully saturated rings. The highest BCUT2D eigenvalue weighted by atomic mass is 15.1. The van der Waals surface area contributed by atoms with E-state index in [1.54, 1.807) is 0 Å². The maximum absolute atomic E-state index is 3.30. The molecule has 0 aromatic heterocycles. The van der Waals surface area contributed by atoms with Crippen molar-refractivity contribution >= 4 is 0 Å². The fourth-order valence-corrected chi connectivity index (χ4v) is 1.36. The van der Waals surface area contributed by atoms with E-state index in [0.717, 1.165) is 5.92 Å². The lowest BCUT2D eigenvalue weighted by Crippen LogP contribution is -2.42. The van der Waals surface area contributed by atoms with Crippen molar-refractivity contribution in [3.63, 3.8) is 0 Å². The summed E-state index contributed by atoms with van der Waals surface area (Å²) in [4.78, 5) is 2.38. The highest BCUT2D eigenvalue weighted by Crippen LogP contribution is 2.10. The van der Waals surface area contributed by atoms with Crippen molar-refractivity contribution in [2.75, 3.05) is 33.2 Å². The predicted molar refractivity (Wildman–Crippen MR) is 60.1 cm³/mol. The van der Waals surface area contributed by atoms with Crippen LogP contribution in [0.1, 0.15) is 33.6 Å². The molecule has 1 saturated heterocycles. The second-order valence-electron chi connectivity index (χ2n) is 3.56. The molecule has 1 rings (SSSR count). The Bertz CT molecular complexity index is 95.5. The molecule has 1 N–H and O–H groups in total. The molecule has 13 heavy (non-hydrogen) atoms. The van der Waals surface area contributed by atoms with Gasteiger partial charge in [-0.05, 0) is 52.0 Å². The molecule has 0 saturated carbocycles. The van der Waals surface area contributed by atoms with Crippen LogP contribution < -0.4 is 5.32 Å². The fourth-order valence-electron chi connectivity index (χ4n) is 1.36. The summed E-state index contributed by atoms with van der Waals surface area (Å²) in [7, 11) is 2.19. The maximum atomic E-state index is 3.30. The summed E-state index contributed by atoms with van der Waals surface area (Å²) in [6.07, 6.45) is 2.79. The van der Waals surface area contributed by atoms with Crippen LogP contribution in [0.25, 0.3) is 0 Å². The van der Waals surface area contributed by atoms with E-state index in [4.69, 9.17) is 0 Å². The van der Waals surface area contributed by atoms with Crippen molar-refractivity contribution in [1.82, 2.24) is 10.2 Å². The number of nitrogens with zero attached hydrogens (tertiary/aromatic N) is 1. The van der Waals surface area contributed by atoms with Crippen molar-refractivity contribution in [3.8, 4) is 0 Å². The molecular weight excluding hydrogens is 160 g/mol. The van der Waals surface area contributed by atoms with Gasteiger partial charge in [0.15, 0.2) is 0 Å². The average molecular weight is 186 g/mol. The van der Waals surface area contributed by atoms with Crippen LogP contribution >= 0.6 is 0 Å². The van der Waals surface area contributed by atoms with Gasteiger partial charge < -0.3 is 10.2 Å². The lowest BCUT2D eigenvalue weighted by molar-refractivity contribution is 0.284. The van der Waals surface area contributed by atoms with Gasteiger partial charge >= 0.3 is 0 Å². The normalized spacial score (nSPS) is 16.4. The van der Waals surface area contributed by atoms with Crippen molar-refractivity contribution in [3.05, 3.63) is 0 Å². The van der Waals surface area contributed by atoms with Gasteiger partial charge in [0.2, 0.25) is 0 Å². The van der Waals surface area contributed by atoms with Crippen LogP contribution in [-0.2, 0) is 0 Å². The molecule has 1 aliphatic rings. The molecule has 0 radical (unpaired) electrons. The van der Waals surface area contributed by atoms with Gasteiger partial charge in [-0.25, -0.2) is 0 Å². The van der Waals surface area contributed by atoms with Gasteiger partial charge in [-0.1, -0.05) is 20.8 Å². The van der Waals surface area contributed by atoms with Gasteiger partial charge in [-0.15, -0.1) is 0 Å². The van der Waals surface area contributed by atoms with Gasteiger partial charge in [0, 0.05) is 0 Å². The van der Waals surface area contributed by atoms with Crippen molar-refractivity contribution < 1.29 is 0 Å². The van der Waals surface area contributed by atoms with Crippen molar-refractivity contribution in [2.24, 2.45) is 5.92 Å². The molecule has 0 bridgehead atoms. The van der Waals surface area contributed by atoms with E-state index in [2.05, 4.69) is 24.2 Å².